The number of hydrogen-bond donors (Lipinski definition) is 0. The van der Waals surface area contributed by atoms with Gasteiger partial charge in [-0.25, -0.2) is 0 Å². The molecule has 0 amide bonds. The highest BCUT2D eigenvalue weighted by Gasteiger charge is 2.17. The highest BCUT2D eigenvalue weighted by atomic mass is 16.6. The smallest absolute Gasteiger partial charge is 0.293 e. The molecule has 3 aromatic rings. The van der Waals surface area contributed by atoms with Crippen molar-refractivity contribution in [1.29, 1.82) is 0 Å². The molecule has 0 bridgehead atoms. The molecule has 1 aromatic heterocycles. The van der Waals surface area contributed by atoms with Gasteiger partial charge in [-0.15, -0.1) is 0 Å². The second-order valence-electron chi connectivity index (χ2n) is 4.37. The topological polar surface area (TPSA) is 65.1 Å². The van der Waals surface area contributed by atoms with Crippen molar-refractivity contribution >= 4 is 22.9 Å². The average molecular weight is 266 g/mol. The fraction of sp³-hybridized carbons (Fsp3) is 0. The monoisotopic (exact) mass is 266 g/mol. The van der Waals surface area contributed by atoms with Crippen LogP contribution in [0, 0.1) is 10.1 Å². The van der Waals surface area contributed by atoms with E-state index in [0.29, 0.717) is 12.0 Å². The maximum atomic E-state index is 11.2. The summed E-state index contributed by atoms with van der Waals surface area (Å²) in [6.45, 7) is 0. The van der Waals surface area contributed by atoms with Crippen LogP contribution in [0.3, 0.4) is 0 Å². The van der Waals surface area contributed by atoms with E-state index in [4.69, 9.17) is 0 Å². The van der Waals surface area contributed by atoms with Gasteiger partial charge in [0, 0.05) is 17.8 Å². The van der Waals surface area contributed by atoms with Crippen LogP contribution in [0.5, 0.6) is 0 Å². The number of hydrogen-bond acceptors (Lipinski definition) is 3. The second-order valence-corrected chi connectivity index (χ2v) is 4.37. The Balaban J connectivity index is 2.28. The fourth-order valence-electron chi connectivity index (χ4n) is 2.26. The lowest BCUT2D eigenvalue weighted by Crippen LogP contribution is -2.00. The summed E-state index contributed by atoms with van der Waals surface area (Å²) in [6, 6.07) is 14.0. The van der Waals surface area contributed by atoms with Gasteiger partial charge in [0.25, 0.3) is 5.69 Å². The van der Waals surface area contributed by atoms with E-state index in [9.17, 15) is 14.9 Å². The molecule has 0 fully saturated rings. The van der Waals surface area contributed by atoms with Gasteiger partial charge in [-0.05, 0) is 29.7 Å². The van der Waals surface area contributed by atoms with Crippen molar-refractivity contribution in [3.05, 3.63) is 70.4 Å². The number of fused-ring (bicyclic) bond motifs is 1. The number of nitro groups is 1. The first-order valence-corrected chi connectivity index (χ1v) is 6.01. The average Bonchev–Trinajstić information content (AvgIpc) is 2.90. The number of aromatic nitrogens is 1. The van der Waals surface area contributed by atoms with E-state index in [2.05, 4.69) is 0 Å². The summed E-state index contributed by atoms with van der Waals surface area (Å²) in [5.41, 5.74) is 1.53. The van der Waals surface area contributed by atoms with Crippen molar-refractivity contribution in [2.24, 2.45) is 0 Å². The number of aldehydes is 1. The van der Waals surface area contributed by atoms with Gasteiger partial charge in [-0.2, -0.15) is 0 Å². The quantitative estimate of drug-likeness (QED) is 0.415. The molecular formula is C15H10N2O3. The van der Waals surface area contributed by atoms with Crippen molar-refractivity contribution in [2.45, 2.75) is 0 Å². The number of benzene rings is 2. The number of para-hydroxylation sites is 1. The summed E-state index contributed by atoms with van der Waals surface area (Å²) in [5.74, 6) is 0. The summed E-state index contributed by atoms with van der Waals surface area (Å²) >= 11 is 0. The Morgan fingerprint density at radius 1 is 1.10 bits per heavy atom. The molecule has 98 valence electrons. The van der Waals surface area contributed by atoms with Gasteiger partial charge >= 0.3 is 0 Å². The molecule has 0 unspecified atom stereocenters. The minimum Gasteiger partial charge on any atom is -0.311 e. The summed E-state index contributed by atoms with van der Waals surface area (Å²) in [5, 5.41) is 12.2. The zero-order valence-corrected chi connectivity index (χ0v) is 10.4. The van der Waals surface area contributed by atoms with E-state index in [0.717, 1.165) is 10.9 Å². The van der Waals surface area contributed by atoms with E-state index in [1.165, 1.54) is 6.07 Å². The Labute approximate surface area is 114 Å². The molecule has 0 saturated carbocycles. The van der Waals surface area contributed by atoms with E-state index < -0.39 is 4.92 Å². The number of rotatable bonds is 3. The lowest BCUT2D eigenvalue weighted by atomic mass is 10.2. The minimum atomic E-state index is -0.475. The second kappa shape index (κ2) is 4.62. The maximum absolute atomic E-state index is 11.2. The molecule has 0 atom stereocenters. The third kappa shape index (κ3) is 1.85. The Morgan fingerprint density at radius 3 is 2.65 bits per heavy atom. The highest BCUT2D eigenvalue weighted by Crippen LogP contribution is 2.28. The van der Waals surface area contributed by atoms with Crippen molar-refractivity contribution in [3.8, 4) is 5.69 Å². The zero-order valence-electron chi connectivity index (χ0n) is 10.4. The maximum Gasteiger partial charge on any atom is 0.293 e. The van der Waals surface area contributed by atoms with Crippen LogP contribution in [0.4, 0.5) is 5.69 Å². The first-order valence-electron chi connectivity index (χ1n) is 6.01. The molecule has 2 aromatic carbocycles. The molecule has 1 heterocycles. The van der Waals surface area contributed by atoms with Crippen LogP contribution in [-0.4, -0.2) is 15.8 Å². The molecule has 20 heavy (non-hydrogen) atoms. The van der Waals surface area contributed by atoms with Crippen LogP contribution in [0.15, 0.2) is 54.7 Å². The minimum absolute atomic E-state index is 0.0871. The standard InChI is InChI=1S/C15H10N2O3/c18-10-11-5-6-14(15(9-11)17(19)20)16-8-7-12-3-1-2-4-13(12)16/h1-10H. The van der Waals surface area contributed by atoms with Gasteiger partial charge in [-0.1, -0.05) is 18.2 Å². The molecular weight excluding hydrogens is 256 g/mol. The molecule has 5 nitrogen and oxygen atoms in total. The van der Waals surface area contributed by atoms with E-state index >= 15 is 0 Å². The highest BCUT2D eigenvalue weighted by molar-refractivity contribution is 5.84. The normalized spacial score (nSPS) is 10.6. The number of nitrogens with zero attached hydrogens (tertiary/aromatic N) is 2. The lowest BCUT2D eigenvalue weighted by molar-refractivity contribution is -0.384. The number of nitro benzene ring substituents is 1. The van der Waals surface area contributed by atoms with Crippen molar-refractivity contribution < 1.29 is 9.72 Å². The molecule has 0 aliphatic heterocycles. The Kier molecular flexibility index (Phi) is 2.80. The van der Waals surface area contributed by atoms with Crippen LogP contribution in [-0.2, 0) is 0 Å². The van der Waals surface area contributed by atoms with Gasteiger partial charge in [0.05, 0.1) is 10.4 Å². The van der Waals surface area contributed by atoms with Gasteiger partial charge in [0.1, 0.15) is 12.0 Å². The summed E-state index contributed by atoms with van der Waals surface area (Å²) < 4.78 is 1.75. The molecule has 0 N–H and O–H groups in total. The predicted molar refractivity (Wildman–Crippen MR) is 75.3 cm³/mol. The van der Waals surface area contributed by atoms with E-state index in [-0.39, 0.29) is 11.3 Å². The molecule has 0 aliphatic rings. The van der Waals surface area contributed by atoms with Crippen LogP contribution < -0.4 is 0 Å². The van der Waals surface area contributed by atoms with Gasteiger partial charge in [-0.3, -0.25) is 14.9 Å². The van der Waals surface area contributed by atoms with Crippen LogP contribution >= 0.6 is 0 Å². The van der Waals surface area contributed by atoms with Crippen LogP contribution in [0.1, 0.15) is 10.4 Å². The number of carbonyl (C=O) groups is 1. The number of carbonyl (C=O) groups excluding carboxylic acids is 1. The molecule has 0 saturated heterocycles. The van der Waals surface area contributed by atoms with Gasteiger partial charge in [0.2, 0.25) is 0 Å². The first-order chi connectivity index (χ1) is 9.70. The van der Waals surface area contributed by atoms with Crippen molar-refractivity contribution in [2.75, 3.05) is 0 Å². The van der Waals surface area contributed by atoms with Crippen molar-refractivity contribution in [1.82, 2.24) is 4.57 Å². The van der Waals surface area contributed by atoms with E-state index in [1.807, 2.05) is 30.3 Å². The third-order valence-corrected chi connectivity index (χ3v) is 3.19. The molecule has 3 rings (SSSR count). The summed E-state index contributed by atoms with van der Waals surface area (Å²) in [7, 11) is 0. The molecule has 0 aliphatic carbocycles. The Bertz CT molecular complexity index is 821. The van der Waals surface area contributed by atoms with Gasteiger partial charge in [0.15, 0.2) is 0 Å². The van der Waals surface area contributed by atoms with Gasteiger partial charge < -0.3 is 4.57 Å². The molecule has 0 radical (unpaired) electrons. The van der Waals surface area contributed by atoms with Crippen LogP contribution in [0.2, 0.25) is 0 Å². The van der Waals surface area contributed by atoms with Crippen molar-refractivity contribution in [3.63, 3.8) is 0 Å². The third-order valence-electron chi connectivity index (χ3n) is 3.19. The predicted octanol–water partition coefficient (Wildman–Crippen LogP) is 3.35. The lowest BCUT2D eigenvalue weighted by Gasteiger charge is -2.06. The first kappa shape index (κ1) is 12.1. The Morgan fingerprint density at radius 2 is 1.90 bits per heavy atom. The fourth-order valence-corrected chi connectivity index (χ4v) is 2.26. The summed E-state index contributed by atoms with van der Waals surface area (Å²) in [4.78, 5) is 21.5. The van der Waals surface area contributed by atoms with E-state index in [1.54, 1.807) is 22.9 Å². The zero-order chi connectivity index (χ0) is 14.1. The SMILES string of the molecule is O=Cc1ccc(-n2ccc3ccccc32)c([N+](=O)[O-])c1. The van der Waals surface area contributed by atoms with Crippen LogP contribution in [0.25, 0.3) is 16.6 Å². The summed E-state index contributed by atoms with van der Waals surface area (Å²) in [6.07, 6.45) is 2.39. The largest absolute Gasteiger partial charge is 0.311 e. The molecule has 0 spiro atoms. The molecule has 5 heteroatoms. The Hall–Kier alpha value is -2.95.